The first-order chi connectivity index (χ1) is 15.2. The van der Waals surface area contributed by atoms with E-state index < -0.39 is 0 Å². The van der Waals surface area contributed by atoms with Gasteiger partial charge in [0.2, 0.25) is 0 Å². The zero-order valence-corrected chi connectivity index (χ0v) is 19.0. The number of aromatic nitrogens is 1. The van der Waals surface area contributed by atoms with E-state index >= 15 is 0 Å². The van der Waals surface area contributed by atoms with Gasteiger partial charge in [-0.1, -0.05) is 56.3 Å². The summed E-state index contributed by atoms with van der Waals surface area (Å²) in [7, 11) is 0. The number of nitrogens with zero attached hydrogens (tertiary/aromatic N) is 3. The Kier molecular flexibility index (Phi) is 5.74. The van der Waals surface area contributed by atoms with Gasteiger partial charge in [-0.05, 0) is 24.1 Å². The number of rotatable bonds is 4. The monoisotopic (exact) mass is 432 g/mol. The van der Waals surface area contributed by atoms with Crippen molar-refractivity contribution in [2.45, 2.75) is 38.6 Å². The number of fused-ring (bicyclic) bond motifs is 2. The first-order valence-corrected chi connectivity index (χ1v) is 12.1. The number of quaternary nitrogens is 1. The molecule has 0 aliphatic carbocycles. The van der Waals surface area contributed by atoms with E-state index in [9.17, 15) is 0 Å². The smallest absolute Gasteiger partial charge is 0.158 e. The summed E-state index contributed by atoms with van der Waals surface area (Å²) in [5.41, 5.74) is 4.47. The van der Waals surface area contributed by atoms with Gasteiger partial charge >= 0.3 is 0 Å². The molecule has 0 radical (unpaired) electrons. The molecule has 3 heterocycles. The zero-order valence-electron chi connectivity index (χ0n) is 18.2. The number of hydrogen-bond donors (Lipinski definition) is 2. The van der Waals surface area contributed by atoms with E-state index in [-0.39, 0.29) is 0 Å². The van der Waals surface area contributed by atoms with Crippen molar-refractivity contribution in [1.29, 1.82) is 0 Å². The highest BCUT2D eigenvalue weighted by atomic mass is 32.1. The molecule has 2 aliphatic rings. The number of benzene rings is 2. The Balaban J connectivity index is 1.42. The lowest BCUT2D eigenvalue weighted by Crippen LogP contribution is -2.95. The second-order valence-corrected chi connectivity index (χ2v) is 9.75. The molecule has 0 saturated carbocycles. The molecule has 1 fully saturated rings. The second kappa shape index (κ2) is 8.81. The van der Waals surface area contributed by atoms with Crippen molar-refractivity contribution in [3.05, 3.63) is 70.9 Å². The van der Waals surface area contributed by atoms with Crippen molar-refractivity contribution in [2.75, 3.05) is 25.0 Å². The fourth-order valence-corrected chi connectivity index (χ4v) is 5.30. The highest BCUT2D eigenvalue weighted by molar-refractivity contribution is 7.16. The third-order valence-corrected chi connectivity index (χ3v) is 7.30. The maximum absolute atomic E-state index is 5.14. The number of nitrogens with one attached hydrogen (secondary N) is 1. The van der Waals surface area contributed by atoms with Crippen LogP contribution in [0.5, 0.6) is 0 Å². The van der Waals surface area contributed by atoms with Crippen LogP contribution >= 0.6 is 11.3 Å². The molecule has 3 aromatic rings. The predicted octanol–water partition coefficient (Wildman–Crippen LogP) is 4.28. The van der Waals surface area contributed by atoms with Crippen LogP contribution in [-0.4, -0.2) is 41.4 Å². The molecular formula is C25H30N5S+. The molecule has 2 aromatic carbocycles. The van der Waals surface area contributed by atoms with E-state index in [2.05, 4.69) is 84.0 Å². The summed E-state index contributed by atoms with van der Waals surface area (Å²) in [6, 6.07) is 19.7. The average molecular weight is 433 g/mol. The third kappa shape index (κ3) is 4.36. The number of aryl methyl sites for hydroxylation is 1. The number of hydrogen-bond acceptors (Lipinski definition) is 5. The lowest BCUT2D eigenvalue weighted by atomic mass is 10.0. The molecule has 3 N–H and O–H groups in total. The predicted molar refractivity (Wildman–Crippen MR) is 129 cm³/mol. The lowest BCUT2D eigenvalue weighted by molar-refractivity contribution is -0.697. The molecule has 160 valence electrons. The van der Waals surface area contributed by atoms with E-state index in [0.29, 0.717) is 12.0 Å². The Morgan fingerprint density at radius 1 is 1.13 bits per heavy atom. The molecule has 5 nitrogen and oxygen atoms in total. The Labute approximate surface area is 188 Å². The maximum Gasteiger partial charge on any atom is 0.158 e. The Morgan fingerprint density at radius 2 is 1.94 bits per heavy atom. The van der Waals surface area contributed by atoms with Gasteiger partial charge in [0, 0.05) is 12.3 Å². The molecule has 0 amide bonds. The van der Waals surface area contributed by atoms with Crippen molar-refractivity contribution < 1.29 is 5.32 Å². The van der Waals surface area contributed by atoms with Gasteiger partial charge in [0.1, 0.15) is 16.7 Å². The molecule has 0 spiro atoms. The van der Waals surface area contributed by atoms with E-state index in [1.165, 1.54) is 12.0 Å². The summed E-state index contributed by atoms with van der Waals surface area (Å²) in [5.74, 6) is 1.43. The van der Waals surface area contributed by atoms with E-state index in [1.807, 2.05) is 0 Å². The second-order valence-electron chi connectivity index (χ2n) is 8.72. The molecule has 1 atom stereocenters. The van der Waals surface area contributed by atoms with Crippen LogP contribution in [-0.2, 0) is 6.42 Å². The Hall–Kier alpha value is -2.70. The highest BCUT2D eigenvalue weighted by Gasteiger charge is 2.30. The summed E-state index contributed by atoms with van der Waals surface area (Å²) in [6.45, 7) is 7.50. The van der Waals surface area contributed by atoms with Crippen LogP contribution in [0.4, 0.5) is 16.4 Å². The number of para-hydroxylation sites is 2. The minimum atomic E-state index is 0.406. The maximum atomic E-state index is 5.14. The van der Waals surface area contributed by atoms with Gasteiger partial charge in [0.25, 0.3) is 0 Å². The molecule has 6 heteroatoms. The van der Waals surface area contributed by atoms with Crippen molar-refractivity contribution in [3.8, 4) is 0 Å². The van der Waals surface area contributed by atoms with Gasteiger partial charge in [0.05, 0.1) is 36.0 Å². The van der Waals surface area contributed by atoms with Gasteiger partial charge < -0.3 is 15.5 Å². The molecular weight excluding hydrogens is 402 g/mol. The molecule has 1 aromatic heterocycles. The largest absolute Gasteiger partial charge is 0.344 e. The first-order valence-electron chi connectivity index (χ1n) is 11.3. The number of piperazine rings is 1. The van der Waals surface area contributed by atoms with E-state index in [4.69, 9.17) is 9.98 Å². The topological polar surface area (TPSA) is 57.1 Å². The van der Waals surface area contributed by atoms with Crippen molar-refractivity contribution >= 4 is 33.5 Å². The van der Waals surface area contributed by atoms with Crippen molar-refractivity contribution in [2.24, 2.45) is 4.99 Å². The summed E-state index contributed by atoms with van der Waals surface area (Å²) >= 11 is 1.76. The summed E-state index contributed by atoms with van der Waals surface area (Å²) in [4.78, 5) is 12.6. The van der Waals surface area contributed by atoms with Crippen molar-refractivity contribution in [3.63, 3.8) is 0 Å². The summed E-state index contributed by atoms with van der Waals surface area (Å²) in [6.07, 6.45) is 2.29. The molecule has 31 heavy (non-hydrogen) atoms. The van der Waals surface area contributed by atoms with Crippen LogP contribution in [0.2, 0.25) is 0 Å². The van der Waals surface area contributed by atoms with Crippen molar-refractivity contribution in [1.82, 2.24) is 9.88 Å². The number of nitrogens with two attached hydrogens (primary N) is 1. The SMILES string of the molecule is CC(C)c1nc2c(s1)Nc1ccccc1N=C2N1CC[NH2+]C(CCc2ccccc2)C1. The van der Waals surface area contributed by atoms with Gasteiger partial charge in [-0.25, -0.2) is 9.98 Å². The molecule has 0 bridgehead atoms. The normalized spacial score (nSPS) is 18.1. The minimum absolute atomic E-state index is 0.406. The fourth-order valence-electron chi connectivity index (χ4n) is 4.32. The van der Waals surface area contributed by atoms with E-state index in [0.717, 1.165) is 59.0 Å². The Bertz CT molecular complexity index is 1070. The Morgan fingerprint density at radius 3 is 2.77 bits per heavy atom. The summed E-state index contributed by atoms with van der Waals surface area (Å²) in [5, 5.41) is 8.39. The first kappa shape index (κ1) is 20.2. The number of thiazole rings is 1. The molecule has 1 unspecified atom stereocenters. The van der Waals surface area contributed by atoms with Gasteiger partial charge in [0.15, 0.2) is 5.84 Å². The summed E-state index contributed by atoms with van der Waals surface area (Å²) < 4.78 is 0. The van der Waals surface area contributed by atoms with Gasteiger partial charge in [-0.2, -0.15) is 0 Å². The minimum Gasteiger partial charge on any atom is -0.344 e. The number of anilines is 2. The van der Waals surface area contributed by atoms with Gasteiger partial charge in [-0.15, -0.1) is 11.3 Å². The van der Waals surface area contributed by atoms with E-state index in [1.54, 1.807) is 11.3 Å². The fraction of sp³-hybridized carbons (Fsp3) is 0.360. The molecule has 5 rings (SSSR count). The van der Waals surface area contributed by atoms with Gasteiger partial charge in [-0.3, -0.25) is 0 Å². The van der Waals surface area contributed by atoms with Crippen LogP contribution in [0.1, 0.15) is 42.5 Å². The van der Waals surface area contributed by atoms with Crippen LogP contribution < -0.4 is 10.6 Å². The molecule has 2 aliphatic heterocycles. The third-order valence-electron chi connectivity index (χ3n) is 6.03. The van der Waals surface area contributed by atoms with Crippen LogP contribution in [0.3, 0.4) is 0 Å². The molecule has 1 saturated heterocycles. The zero-order chi connectivity index (χ0) is 21.2. The van der Waals surface area contributed by atoms with Crippen LogP contribution in [0.25, 0.3) is 0 Å². The standard InChI is InChI=1S/C25H29N5S/c1-17(2)24-29-22-23(27-20-10-6-7-11-21(20)28-25(22)31-24)30-15-14-26-19(16-30)13-12-18-8-4-3-5-9-18/h3-11,17,19,26,28H,12-16H2,1-2H3/p+1. The number of aliphatic imine (C=N–C) groups is 1. The van der Waals surface area contributed by atoms with Crippen LogP contribution in [0.15, 0.2) is 59.6 Å². The van der Waals surface area contributed by atoms with Crippen LogP contribution in [0, 0.1) is 0 Å². The average Bonchev–Trinajstić information content (AvgIpc) is 3.15. The lowest BCUT2D eigenvalue weighted by Gasteiger charge is -2.33. The number of amidine groups is 1. The quantitative estimate of drug-likeness (QED) is 0.647. The highest BCUT2D eigenvalue weighted by Crippen LogP contribution is 2.39.